The van der Waals surface area contributed by atoms with Crippen molar-refractivity contribution in [3.8, 4) is 17.1 Å². The van der Waals surface area contributed by atoms with Crippen molar-refractivity contribution >= 4 is 46.1 Å². The zero-order valence-electron chi connectivity index (χ0n) is 15.9. The molecule has 4 aromatic rings. The average molecular weight is 451 g/mol. The van der Waals surface area contributed by atoms with Crippen molar-refractivity contribution < 1.29 is 14.7 Å². The second kappa shape index (κ2) is 8.95. The second-order valence-corrected chi connectivity index (χ2v) is 7.78. The number of thiophene rings is 1. The average Bonchev–Trinajstić information content (AvgIpc) is 3.31. The summed E-state index contributed by atoms with van der Waals surface area (Å²) in [5.74, 6) is -0.176. The van der Waals surface area contributed by atoms with E-state index in [0.29, 0.717) is 38.2 Å². The highest BCUT2D eigenvalue weighted by molar-refractivity contribution is 7.12. The van der Waals surface area contributed by atoms with Crippen LogP contribution in [0.3, 0.4) is 0 Å². The van der Waals surface area contributed by atoms with Crippen LogP contribution in [0.5, 0.6) is 5.75 Å². The van der Waals surface area contributed by atoms with E-state index in [9.17, 15) is 14.7 Å². The Balaban J connectivity index is 1.47. The van der Waals surface area contributed by atoms with Crippen LogP contribution in [0.1, 0.15) is 20.0 Å². The van der Waals surface area contributed by atoms with Gasteiger partial charge in [0.15, 0.2) is 5.82 Å². The Morgan fingerprint density at radius 2 is 1.74 bits per heavy atom. The molecule has 2 aromatic heterocycles. The highest BCUT2D eigenvalue weighted by atomic mass is 35.5. The minimum absolute atomic E-state index is 0.114. The van der Waals surface area contributed by atoms with E-state index >= 15 is 0 Å². The lowest BCUT2D eigenvalue weighted by atomic mass is 10.1. The predicted octanol–water partition coefficient (Wildman–Crippen LogP) is 5.07. The van der Waals surface area contributed by atoms with Crippen LogP contribution in [0.4, 0.5) is 11.4 Å². The third-order valence-corrected chi connectivity index (χ3v) is 5.43. The van der Waals surface area contributed by atoms with Gasteiger partial charge >= 0.3 is 0 Å². The molecule has 0 aliphatic rings. The largest absolute Gasteiger partial charge is 0.508 e. The lowest BCUT2D eigenvalue weighted by Gasteiger charge is -2.10. The van der Waals surface area contributed by atoms with Crippen LogP contribution in [-0.4, -0.2) is 26.9 Å². The normalized spacial score (nSPS) is 10.5. The summed E-state index contributed by atoms with van der Waals surface area (Å²) < 4.78 is 0. The molecule has 0 atom stereocenters. The first-order chi connectivity index (χ1) is 15.0. The molecule has 3 N–H and O–H groups in total. The molecule has 31 heavy (non-hydrogen) atoms. The first-order valence-electron chi connectivity index (χ1n) is 9.07. The maximum Gasteiger partial charge on any atom is 0.265 e. The first kappa shape index (κ1) is 20.5. The monoisotopic (exact) mass is 450 g/mol. The standard InChI is InChI=1S/C22H15ClN4O3S/c23-17-7-6-14(10-18(17)27-22(30)19-5-2-8-31-19)21(29)26-15-11-24-20(25-12-15)13-3-1-4-16(28)9-13/h1-12,28H,(H,26,29)(H,27,30). The van der Waals surface area contributed by atoms with Crippen molar-refractivity contribution in [3.05, 3.63) is 87.8 Å². The summed E-state index contributed by atoms with van der Waals surface area (Å²) in [6, 6.07) is 14.7. The predicted molar refractivity (Wildman–Crippen MR) is 121 cm³/mol. The molecule has 0 radical (unpaired) electrons. The number of nitrogens with one attached hydrogen (secondary N) is 2. The van der Waals surface area contributed by atoms with Gasteiger partial charge in [0.25, 0.3) is 11.8 Å². The molecule has 0 bridgehead atoms. The van der Waals surface area contributed by atoms with Crippen LogP contribution in [-0.2, 0) is 0 Å². The number of halogens is 1. The van der Waals surface area contributed by atoms with Gasteiger partial charge < -0.3 is 15.7 Å². The number of nitrogens with zero attached hydrogens (tertiary/aromatic N) is 2. The first-order valence-corrected chi connectivity index (χ1v) is 10.3. The number of aromatic nitrogens is 2. The number of amides is 2. The van der Waals surface area contributed by atoms with Gasteiger partial charge in [-0.3, -0.25) is 9.59 Å². The van der Waals surface area contributed by atoms with Crippen molar-refractivity contribution in [1.29, 1.82) is 0 Å². The Labute approximate surface area is 186 Å². The number of carbonyl (C=O) groups excluding carboxylic acids is 2. The van der Waals surface area contributed by atoms with E-state index in [2.05, 4.69) is 20.6 Å². The fraction of sp³-hybridized carbons (Fsp3) is 0. The molecular weight excluding hydrogens is 436 g/mol. The van der Waals surface area contributed by atoms with Gasteiger partial charge in [-0.1, -0.05) is 29.8 Å². The van der Waals surface area contributed by atoms with Crippen LogP contribution in [0, 0.1) is 0 Å². The molecule has 4 rings (SSSR count). The number of phenolic OH excluding ortho intramolecular Hbond substituents is 1. The molecule has 0 aliphatic heterocycles. The van der Waals surface area contributed by atoms with Gasteiger partial charge in [-0.05, 0) is 41.8 Å². The number of anilines is 2. The molecule has 2 aromatic carbocycles. The zero-order chi connectivity index (χ0) is 21.8. The number of carbonyl (C=O) groups is 2. The van der Waals surface area contributed by atoms with E-state index in [1.807, 2.05) is 0 Å². The molecule has 7 nitrogen and oxygen atoms in total. The summed E-state index contributed by atoms with van der Waals surface area (Å²) in [6.07, 6.45) is 2.94. The van der Waals surface area contributed by atoms with Gasteiger partial charge in [0.05, 0.1) is 33.7 Å². The number of hydrogen-bond acceptors (Lipinski definition) is 6. The Morgan fingerprint density at radius 1 is 0.935 bits per heavy atom. The van der Waals surface area contributed by atoms with Crippen LogP contribution in [0.15, 0.2) is 72.4 Å². The highest BCUT2D eigenvalue weighted by Crippen LogP contribution is 2.25. The molecular formula is C22H15ClN4O3S. The molecule has 2 amide bonds. The zero-order valence-corrected chi connectivity index (χ0v) is 17.4. The van der Waals surface area contributed by atoms with E-state index in [0.717, 1.165) is 0 Å². The summed E-state index contributed by atoms with van der Waals surface area (Å²) in [6.45, 7) is 0. The number of hydrogen-bond donors (Lipinski definition) is 3. The van der Waals surface area contributed by atoms with Crippen LogP contribution < -0.4 is 10.6 Å². The van der Waals surface area contributed by atoms with Crippen LogP contribution in [0.2, 0.25) is 5.02 Å². The molecule has 0 spiro atoms. The lowest BCUT2D eigenvalue weighted by Crippen LogP contribution is -2.14. The van der Waals surface area contributed by atoms with Crippen molar-refractivity contribution in [2.45, 2.75) is 0 Å². The molecule has 154 valence electrons. The Morgan fingerprint density at radius 3 is 2.45 bits per heavy atom. The van der Waals surface area contributed by atoms with Crippen molar-refractivity contribution in [2.75, 3.05) is 10.6 Å². The Bertz CT molecular complexity index is 1240. The van der Waals surface area contributed by atoms with Crippen LogP contribution >= 0.6 is 22.9 Å². The van der Waals surface area contributed by atoms with Crippen LogP contribution in [0.25, 0.3) is 11.4 Å². The summed E-state index contributed by atoms with van der Waals surface area (Å²) in [5, 5.41) is 17.1. The van der Waals surface area contributed by atoms with Gasteiger partial charge in [-0.2, -0.15) is 0 Å². The fourth-order valence-electron chi connectivity index (χ4n) is 2.74. The highest BCUT2D eigenvalue weighted by Gasteiger charge is 2.13. The van der Waals surface area contributed by atoms with E-state index < -0.39 is 5.91 Å². The maximum atomic E-state index is 12.6. The molecule has 0 unspecified atom stereocenters. The third-order valence-electron chi connectivity index (χ3n) is 4.24. The third kappa shape index (κ3) is 4.88. The molecule has 0 aliphatic carbocycles. The molecule has 0 saturated carbocycles. The number of aromatic hydroxyl groups is 1. The molecule has 0 saturated heterocycles. The lowest BCUT2D eigenvalue weighted by molar-refractivity contribution is 0.101. The van der Waals surface area contributed by atoms with Gasteiger partial charge in [0.2, 0.25) is 0 Å². The Kier molecular flexibility index (Phi) is 5.92. The SMILES string of the molecule is O=C(Nc1cnc(-c2cccc(O)c2)nc1)c1ccc(Cl)c(NC(=O)c2cccs2)c1. The van der Waals surface area contributed by atoms with Crippen molar-refractivity contribution in [1.82, 2.24) is 9.97 Å². The second-order valence-electron chi connectivity index (χ2n) is 6.43. The van der Waals surface area contributed by atoms with Gasteiger partial charge in [-0.15, -0.1) is 11.3 Å². The minimum Gasteiger partial charge on any atom is -0.508 e. The molecule has 0 fully saturated rings. The van der Waals surface area contributed by atoms with Gasteiger partial charge in [-0.25, -0.2) is 9.97 Å². The number of benzene rings is 2. The van der Waals surface area contributed by atoms with Crippen molar-refractivity contribution in [2.24, 2.45) is 0 Å². The number of phenols is 1. The summed E-state index contributed by atoms with van der Waals surface area (Å²) in [5.41, 5.74) is 1.70. The van der Waals surface area contributed by atoms with E-state index in [-0.39, 0.29) is 11.7 Å². The smallest absolute Gasteiger partial charge is 0.265 e. The Hall–Kier alpha value is -3.75. The maximum absolute atomic E-state index is 12.6. The number of rotatable bonds is 5. The summed E-state index contributed by atoms with van der Waals surface area (Å²) in [7, 11) is 0. The van der Waals surface area contributed by atoms with E-state index in [1.165, 1.54) is 29.8 Å². The quantitative estimate of drug-likeness (QED) is 0.394. The molecule has 9 heteroatoms. The van der Waals surface area contributed by atoms with Crippen molar-refractivity contribution in [3.63, 3.8) is 0 Å². The minimum atomic E-state index is -0.406. The summed E-state index contributed by atoms with van der Waals surface area (Å²) in [4.78, 5) is 33.9. The van der Waals surface area contributed by atoms with Gasteiger partial charge in [0, 0.05) is 11.1 Å². The van der Waals surface area contributed by atoms with E-state index in [4.69, 9.17) is 11.6 Å². The fourth-order valence-corrected chi connectivity index (χ4v) is 3.53. The van der Waals surface area contributed by atoms with E-state index in [1.54, 1.807) is 53.9 Å². The topological polar surface area (TPSA) is 104 Å². The molecule has 2 heterocycles. The summed E-state index contributed by atoms with van der Waals surface area (Å²) >= 11 is 7.48. The van der Waals surface area contributed by atoms with Gasteiger partial charge in [0.1, 0.15) is 5.75 Å².